The SMILES string of the molecule is CCCC(CCCCC(=O)O)C1(C(=O)O)OO1. The number of aliphatic carboxylic acids is 2. The maximum absolute atomic E-state index is 11.0. The van der Waals surface area contributed by atoms with Crippen LogP contribution in [-0.4, -0.2) is 27.9 Å². The van der Waals surface area contributed by atoms with Crippen molar-refractivity contribution in [2.45, 2.75) is 51.2 Å². The van der Waals surface area contributed by atoms with Crippen LogP contribution < -0.4 is 0 Å². The lowest BCUT2D eigenvalue weighted by molar-refractivity contribution is -0.147. The van der Waals surface area contributed by atoms with Crippen molar-refractivity contribution in [3.8, 4) is 0 Å². The quantitative estimate of drug-likeness (QED) is 0.365. The highest BCUT2D eigenvalue weighted by Gasteiger charge is 2.62. The second-order valence-electron chi connectivity index (χ2n) is 4.26. The number of carboxylic acid groups (broad SMARTS) is 2. The van der Waals surface area contributed by atoms with Gasteiger partial charge in [0.2, 0.25) is 0 Å². The van der Waals surface area contributed by atoms with Gasteiger partial charge in [-0.1, -0.05) is 19.8 Å². The van der Waals surface area contributed by atoms with Crippen LogP contribution in [0, 0.1) is 5.92 Å². The molecule has 98 valence electrons. The number of carbonyl (C=O) groups is 2. The predicted molar refractivity (Wildman–Crippen MR) is 57.0 cm³/mol. The molecule has 0 aromatic heterocycles. The van der Waals surface area contributed by atoms with Gasteiger partial charge in [0.15, 0.2) is 0 Å². The fourth-order valence-electron chi connectivity index (χ4n) is 1.97. The normalized spacial score (nSPS) is 18.6. The van der Waals surface area contributed by atoms with Gasteiger partial charge >= 0.3 is 17.7 Å². The second-order valence-corrected chi connectivity index (χ2v) is 4.26. The third-order valence-corrected chi connectivity index (χ3v) is 2.93. The van der Waals surface area contributed by atoms with Gasteiger partial charge in [-0.05, 0) is 19.3 Å². The number of unbranched alkanes of at least 4 members (excludes halogenated alkanes) is 1. The zero-order valence-corrected chi connectivity index (χ0v) is 9.85. The van der Waals surface area contributed by atoms with E-state index in [9.17, 15) is 9.59 Å². The van der Waals surface area contributed by atoms with Crippen LogP contribution in [0.25, 0.3) is 0 Å². The number of hydrogen-bond acceptors (Lipinski definition) is 4. The Bertz CT molecular complexity index is 284. The van der Waals surface area contributed by atoms with Gasteiger partial charge in [-0.15, -0.1) is 0 Å². The molecular formula is C11H18O6. The summed E-state index contributed by atoms with van der Waals surface area (Å²) in [4.78, 5) is 30.6. The molecule has 0 aliphatic carbocycles. The molecule has 0 bridgehead atoms. The first-order valence-electron chi connectivity index (χ1n) is 5.85. The van der Waals surface area contributed by atoms with Gasteiger partial charge in [-0.25, -0.2) is 4.79 Å². The van der Waals surface area contributed by atoms with Gasteiger partial charge in [-0.3, -0.25) is 4.79 Å². The molecule has 0 saturated carbocycles. The van der Waals surface area contributed by atoms with Crippen molar-refractivity contribution in [3.63, 3.8) is 0 Å². The molecule has 0 amide bonds. The minimum absolute atomic E-state index is 0.112. The molecule has 1 atom stereocenters. The van der Waals surface area contributed by atoms with Crippen LogP contribution in [0.5, 0.6) is 0 Å². The summed E-state index contributed by atoms with van der Waals surface area (Å²) in [5.41, 5.74) is 0. The van der Waals surface area contributed by atoms with Crippen molar-refractivity contribution in [1.29, 1.82) is 0 Å². The topological polar surface area (TPSA) is 99.7 Å². The van der Waals surface area contributed by atoms with Crippen LogP contribution in [0.15, 0.2) is 0 Å². The molecule has 1 unspecified atom stereocenters. The van der Waals surface area contributed by atoms with Crippen LogP contribution in [0.2, 0.25) is 0 Å². The first-order chi connectivity index (χ1) is 8.03. The summed E-state index contributed by atoms with van der Waals surface area (Å²) in [7, 11) is 0. The van der Waals surface area contributed by atoms with Crippen LogP contribution in [0.3, 0.4) is 0 Å². The monoisotopic (exact) mass is 246 g/mol. The highest BCUT2D eigenvalue weighted by atomic mass is 17.4. The summed E-state index contributed by atoms with van der Waals surface area (Å²) in [6, 6.07) is 0. The second kappa shape index (κ2) is 5.97. The maximum Gasteiger partial charge on any atom is 0.370 e. The highest BCUT2D eigenvalue weighted by molar-refractivity contribution is 5.77. The Morgan fingerprint density at radius 1 is 1.18 bits per heavy atom. The fraction of sp³-hybridized carbons (Fsp3) is 0.818. The Labute approximate surface area is 99.5 Å². The standard InChI is InChI=1S/C11H18O6/c1-2-5-8(6-3-4-7-9(12)13)11(10(14)15)16-17-11/h8H,2-7H2,1H3,(H,12,13)(H,14,15). The predicted octanol–water partition coefficient (Wildman–Crippen LogP) is 1.79. The average molecular weight is 246 g/mol. The van der Waals surface area contributed by atoms with E-state index in [0.717, 1.165) is 6.42 Å². The Hall–Kier alpha value is -1.14. The van der Waals surface area contributed by atoms with E-state index in [1.807, 2.05) is 6.92 Å². The van der Waals surface area contributed by atoms with Gasteiger partial charge in [0.25, 0.3) is 0 Å². The van der Waals surface area contributed by atoms with E-state index in [4.69, 9.17) is 10.2 Å². The smallest absolute Gasteiger partial charge is 0.370 e. The van der Waals surface area contributed by atoms with E-state index in [1.165, 1.54) is 0 Å². The van der Waals surface area contributed by atoms with Crippen molar-refractivity contribution < 1.29 is 29.6 Å². The van der Waals surface area contributed by atoms with Crippen molar-refractivity contribution in [2.24, 2.45) is 5.92 Å². The Morgan fingerprint density at radius 2 is 1.82 bits per heavy atom. The third-order valence-electron chi connectivity index (χ3n) is 2.93. The van der Waals surface area contributed by atoms with E-state index in [1.54, 1.807) is 0 Å². The highest BCUT2D eigenvalue weighted by Crippen LogP contribution is 2.42. The molecule has 1 aliphatic heterocycles. The van der Waals surface area contributed by atoms with E-state index in [0.29, 0.717) is 25.7 Å². The first-order valence-corrected chi connectivity index (χ1v) is 5.85. The summed E-state index contributed by atoms with van der Waals surface area (Å²) >= 11 is 0. The zero-order chi connectivity index (χ0) is 12.9. The van der Waals surface area contributed by atoms with Gasteiger partial charge < -0.3 is 10.2 Å². The summed E-state index contributed by atoms with van der Waals surface area (Å²) in [6.45, 7) is 1.96. The fourth-order valence-corrected chi connectivity index (χ4v) is 1.97. The first kappa shape index (κ1) is 13.9. The van der Waals surface area contributed by atoms with Crippen LogP contribution >= 0.6 is 0 Å². The molecule has 1 aliphatic rings. The average Bonchev–Trinajstić information content (AvgIpc) is 3.03. The van der Waals surface area contributed by atoms with E-state index in [2.05, 4.69) is 9.78 Å². The lowest BCUT2D eigenvalue weighted by Crippen LogP contribution is -2.33. The summed E-state index contributed by atoms with van der Waals surface area (Å²) in [5.74, 6) is -3.61. The maximum atomic E-state index is 11.0. The number of rotatable bonds is 9. The molecule has 0 aromatic rings. The van der Waals surface area contributed by atoms with Gasteiger partial charge in [-0.2, -0.15) is 9.78 Å². The Balaban J connectivity index is 2.39. The van der Waals surface area contributed by atoms with Crippen molar-refractivity contribution in [1.82, 2.24) is 0 Å². The van der Waals surface area contributed by atoms with Gasteiger partial charge in [0, 0.05) is 12.3 Å². The molecule has 1 saturated heterocycles. The largest absolute Gasteiger partial charge is 0.481 e. The minimum Gasteiger partial charge on any atom is -0.481 e. The zero-order valence-electron chi connectivity index (χ0n) is 9.85. The van der Waals surface area contributed by atoms with Gasteiger partial charge in [0.05, 0.1) is 0 Å². The lowest BCUT2D eigenvalue weighted by atomic mass is 9.89. The third kappa shape index (κ3) is 3.67. The molecule has 6 nitrogen and oxygen atoms in total. The molecule has 17 heavy (non-hydrogen) atoms. The molecule has 1 fully saturated rings. The van der Waals surface area contributed by atoms with Crippen LogP contribution in [0.1, 0.15) is 45.4 Å². The van der Waals surface area contributed by atoms with E-state index in [-0.39, 0.29) is 12.3 Å². The molecule has 0 radical (unpaired) electrons. The van der Waals surface area contributed by atoms with Crippen molar-refractivity contribution in [3.05, 3.63) is 0 Å². The number of carboxylic acids is 2. The van der Waals surface area contributed by atoms with Crippen molar-refractivity contribution >= 4 is 11.9 Å². The molecule has 0 aromatic carbocycles. The lowest BCUT2D eigenvalue weighted by Gasteiger charge is -2.16. The molecular weight excluding hydrogens is 228 g/mol. The molecule has 2 N–H and O–H groups in total. The molecule has 1 heterocycles. The van der Waals surface area contributed by atoms with Crippen molar-refractivity contribution in [2.75, 3.05) is 0 Å². The van der Waals surface area contributed by atoms with E-state index < -0.39 is 17.7 Å². The van der Waals surface area contributed by atoms with Gasteiger partial charge in [0.1, 0.15) is 0 Å². The summed E-state index contributed by atoms with van der Waals surface area (Å²) < 4.78 is 0. The Morgan fingerprint density at radius 3 is 2.24 bits per heavy atom. The van der Waals surface area contributed by atoms with Crippen LogP contribution in [0.4, 0.5) is 0 Å². The summed E-state index contributed by atoms with van der Waals surface area (Å²) in [6.07, 6.45) is 3.46. The Kier molecular flexibility index (Phi) is 4.89. The molecule has 1 rings (SSSR count). The number of hydrogen-bond donors (Lipinski definition) is 2. The minimum atomic E-state index is -1.47. The van der Waals surface area contributed by atoms with E-state index >= 15 is 0 Å². The van der Waals surface area contributed by atoms with Crippen LogP contribution in [-0.2, 0) is 19.4 Å². The molecule has 0 spiro atoms. The molecule has 6 heteroatoms. The summed E-state index contributed by atoms with van der Waals surface area (Å²) in [5, 5.41) is 17.5.